The van der Waals surface area contributed by atoms with Gasteiger partial charge in [0.1, 0.15) is 5.76 Å². The van der Waals surface area contributed by atoms with E-state index in [9.17, 15) is 14.0 Å². The van der Waals surface area contributed by atoms with E-state index in [2.05, 4.69) is 4.98 Å². The minimum absolute atomic E-state index is 0.336. The van der Waals surface area contributed by atoms with Crippen LogP contribution in [0.25, 0.3) is 0 Å². The summed E-state index contributed by atoms with van der Waals surface area (Å²) in [6.45, 7) is 1.55. The first-order valence-electron chi connectivity index (χ1n) is 4.92. The van der Waals surface area contributed by atoms with E-state index >= 15 is 0 Å². The van der Waals surface area contributed by atoms with Gasteiger partial charge in [-0.2, -0.15) is 0 Å². The lowest BCUT2D eigenvalue weighted by Gasteiger charge is -2.17. The molecule has 0 fully saturated rings. The summed E-state index contributed by atoms with van der Waals surface area (Å²) in [4.78, 5) is 24.9. The predicted molar refractivity (Wildman–Crippen MR) is 68.0 cm³/mol. The van der Waals surface area contributed by atoms with Crippen LogP contribution in [0.1, 0.15) is 11.8 Å². The molecule has 1 aliphatic heterocycles. The number of aromatic nitrogens is 2. The van der Waals surface area contributed by atoms with Gasteiger partial charge < -0.3 is 4.74 Å². The highest BCUT2D eigenvalue weighted by Gasteiger charge is 2.31. The Labute approximate surface area is 109 Å². The highest BCUT2D eigenvalue weighted by Crippen LogP contribution is 2.28. The van der Waals surface area contributed by atoms with E-state index in [4.69, 9.17) is 4.74 Å². The molecule has 0 amide bonds. The van der Waals surface area contributed by atoms with Gasteiger partial charge in [-0.3, -0.25) is 14.3 Å². The smallest absolute Gasteiger partial charge is 0.331 e. The number of alkyl halides is 2. The molecule has 0 aliphatic carbocycles. The zero-order valence-corrected chi connectivity index (χ0v) is 11.1. The van der Waals surface area contributed by atoms with Crippen molar-refractivity contribution in [3.8, 4) is 0 Å². The fourth-order valence-corrected chi connectivity index (χ4v) is 2.01. The second kappa shape index (κ2) is 4.63. The van der Waals surface area contributed by atoms with Crippen LogP contribution < -0.4 is 11.2 Å². The number of aryl methyl sites for hydroxylation is 1. The summed E-state index contributed by atoms with van der Waals surface area (Å²) in [7, 11) is 0. The van der Waals surface area contributed by atoms with Crippen molar-refractivity contribution in [2.75, 3.05) is 4.43 Å². The van der Waals surface area contributed by atoms with Crippen molar-refractivity contribution in [1.29, 1.82) is 0 Å². The maximum Gasteiger partial charge on any atom is 0.331 e. The normalized spacial score (nSPS) is 23.4. The number of aromatic amines is 1. The summed E-state index contributed by atoms with van der Waals surface area (Å²) in [6.07, 6.45) is 0.234. The lowest BCUT2D eigenvalue weighted by Crippen LogP contribution is -2.35. The van der Waals surface area contributed by atoms with Gasteiger partial charge in [-0.05, 0) is 13.0 Å². The molecule has 92 valence electrons. The average Bonchev–Trinajstić information content (AvgIpc) is 2.65. The molecule has 0 bridgehead atoms. The fraction of sp³-hybridized carbons (Fsp3) is 0.400. The molecule has 0 saturated carbocycles. The molecule has 1 aromatic heterocycles. The molecular formula is C10H10FIN2O3. The second-order valence-electron chi connectivity index (χ2n) is 3.70. The van der Waals surface area contributed by atoms with Gasteiger partial charge in [-0.1, -0.05) is 22.6 Å². The van der Waals surface area contributed by atoms with Gasteiger partial charge in [0.05, 0.1) is 4.43 Å². The standard InChI is InChI=1S/C10H10FIN2O3/c1-5-4-14(10(16)13-8(5)15)9-7(11)2-6(3-12)17-9/h2,4,7,9H,3H2,1H3,(H,13,15,16)/t7?,9-/m1/s1. The number of rotatable bonds is 2. The maximum absolute atomic E-state index is 13.7. The fourth-order valence-electron chi connectivity index (χ4n) is 1.58. The minimum Gasteiger partial charge on any atom is -0.470 e. The van der Waals surface area contributed by atoms with Crippen LogP contribution in [0.5, 0.6) is 0 Å². The minimum atomic E-state index is -1.39. The summed E-state index contributed by atoms with van der Waals surface area (Å²) in [6, 6.07) is 0. The van der Waals surface area contributed by atoms with Crippen LogP contribution in [-0.4, -0.2) is 20.2 Å². The molecule has 1 N–H and O–H groups in total. The Morgan fingerprint density at radius 3 is 2.88 bits per heavy atom. The van der Waals surface area contributed by atoms with Crippen molar-refractivity contribution in [2.45, 2.75) is 19.3 Å². The zero-order valence-electron chi connectivity index (χ0n) is 8.94. The van der Waals surface area contributed by atoms with E-state index in [1.54, 1.807) is 6.92 Å². The summed E-state index contributed by atoms with van der Waals surface area (Å²) in [5.41, 5.74) is -0.804. The third-order valence-corrected chi connectivity index (χ3v) is 3.19. The lowest BCUT2D eigenvalue weighted by molar-refractivity contribution is 0.0333. The van der Waals surface area contributed by atoms with E-state index in [0.717, 1.165) is 4.57 Å². The molecule has 0 spiro atoms. The molecule has 0 radical (unpaired) electrons. The van der Waals surface area contributed by atoms with E-state index in [-0.39, 0.29) is 0 Å². The first-order valence-corrected chi connectivity index (χ1v) is 6.45. The molecule has 2 heterocycles. The molecule has 5 nitrogen and oxygen atoms in total. The molecule has 1 aliphatic rings. The number of nitrogens with one attached hydrogen (secondary N) is 1. The van der Waals surface area contributed by atoms with Crippen LogP contribution in [0, 0.1) is 6.92 Å². The van der Waals surface area contributed by atoms with Crippen LogP contribution in [0.4, 0.5) is 4.39 Å². The summed E-state index contributed by atoms with van der Waals surface area (Å²) in [5.74, 6) is 0.499. The van der Waals surface area contributed by atoms with Crippen molar-refractivity contribution < 1.29 is 9.13 Å². The van der Waals surface area contributed by atoms with E-state index in [1.165, 1.54) is 12.3 Å². The SMILES string of the molecule is Cc1cn([C@@H]2OC(CI)=CC2F)c(=O)[nH]c1=O. The van der Waals surface area contributed by atoms with Gasteiger partial charge in [0.25, 0.3) is 5.56 Å². The highest BCUT2D eigenvalue weighted by atomic mass is 127. The first kappa shape index (κ1) is 12.3. The van der Waals surface area contributed by atoms with Crippen molar-refractivity contribution in [3.63, 3.8) is 0 Å². The summed E-state index contributed by atoms with van der Waals surface area (Å²) >= 11 is 2.04. The molecule has 2 atom stereocenters. The first-order chi connectivity index (χ1) is 8.02. The Morgan fingerprint density at radius 2 is 2.29 bits per heavy atom. The Balaban J connectivity index is 2.40. The van der Waals surface area contributed by atoms with Crippen LogP contribution >= 0.6 is 22.6 Å². The molecular weight excluding hydrogens is 342 g/mol. The number of nitrogens with zero attached hydrogens (tertiary/aromatic N) is 1. The molecule has 7 heteroatoms. The van der Waals surface area contributed by atoms with Gasteiger partial charge in [0, 0.05) is 11.8 Å². The molecule has 17 heavy (non-hydrogen) atoms. The molecule has 0 saturated heterocycles. The van der Waals surface area contributed by atoms with Gasteiger partial charge in [0.2, 0.25) is 6.23 Å². The van der Waals surface area contributed by atoms with Crippen molar-refractivity contribution in [3.05, 3.63) is 44.4 Å². The van der Waals surface area contributed by atoms with Crippen molar-refractivity contribution >= 4 is 22.6 Å². The van der Waals surface area contributed by atoms with Gasteiger partial charge in [0.15, 0.2) is 6.17 Å². The number of ether oxygens (including phenoxy) is 1. The number of hydrogen-bond donors (Lipinski definition) is 1. The Hall–Kier alpha value is -1.12. The topological polar surface area (TPSA) is 64.1 Å². The third-order valence-electron chi connectivity index (χ3n) is 2.44. The second-order valence-corrected chi connectivity index (χ2v) is 4.46. The van der Waals surface area contributed by atoms with Crippen LogP contribution in [0.15, 0.2) is 27.6 Å². The quantitative estimate of drug-likeness (QED) is 0.639. The molecule has 0 aromatic carbocycles. The Bertz CT molecular complexity index is 578. The number of hydrogen-bond acceptors (Lipinski definition) is 3. The van der Waals surface area contributed by atoms with Gasteiger partial charge >= 0.3 is 5.69 Å². The van der Waals surface area contributed by atoms with Crippen LogP contribution in [0.2, 0.25) is 0 Å². The number of halogens is 2. The van der Waals surface area contributed by atoms with Crippen LogP contribution in [-0.2, 0) is 4.74 Å². The summed E-state index contributed by atoms with van der Waals surface area (Å²) in [5, 5.41) is 0. The largest absolute Gasteiger partial charge is 0.470 e. The average molecular weight is 352 g/mol. The van der Waals surface area contributed by atoms with Crippen molar-refractivity contribution in [2.24, 2.45) is 0 Å². The van der Waals surface area contributed by atoms with Gasteiger partial charge in [-0.15, -0.1) is 0 Å². The highest BCUT2D eigenvalue weighted by molar-refractivity contribution is 14.1. The number of H-pyrrole nitrogens is 1. The lowest BCUT2D eigenvalue weighted by atomic mass is 10.3. The number of allylic oxidation sites excluding steroid dienone is 1. The monoisotopic (exact) mass is 352 g/mol. The van der Waals surface area contributed by atoms with E-state index in [1.807, 2.05) is 22.6 Å². The summed E-state index contributed by atoms with van der Waals surface area (Å²) < 4.78 is 20.6. The molecule has 1 aromatic rings. The predicted octanol–water partition coefficient (Wildman–Crippen LogP) is 1.03. The molecule has 2 rings (SSSR count). The molecule has 1 unspecified atom stereocenters. The zero-order chi connectivity index (χ0) is 12.6. The Kier molecular flexibility index (Phi) is 3.36. The third kappa shape index (κ3) is 2.28. The Morgan fingerprint density at radius 1 is 1.59 bits per heavy atom. The van der Waals surface area contributed by atoms with E-state index < -0.39 is 23.6 Å². The maximum atomic E-state index is 13.7. The van der Waals surface area contributed by atoms with Crippen LogP contribution in [0.3, 0.4) is 0 Å². The van der Waals surface area contributed by atoms with Crippen molar-refractivity contribution in [1.82, 2.24) is 9.55 Å². The van der Waals surface area contributed by atoms with E-state index in [0.29, 0.717) is 15.8 Å². The van der Waals surface area contributed by atoms with Gasteiger partial charge in [-0.25, -0.2) is 9.18 Å².